The molecule has 0 saturated carbocycles. The van der Waals surface area contributed by atoms with E-state index in [0.29, 0.717) is 11.4 Å². The first-order chi connectivity index (χ1) is 25.5. The van der Waals surface area contributed by atoms with Crippen LogP contribution in [0.5, 0.6) is 0 Å². The third-order valence-corrected chi connectivity index (χ3v) is 9.69. The molecule has 2 nitrogen and oxygen atoms in total. The predicted octanol–water partition coefficient (Wildman–Crippen LogP) is 11.8. The Hall–Kier alpha value is -4.65. The van der Waals surface area contributed by atoms with Gasteiger partial charge in [-0.25, -0.2) is 41.9 Å². The van der Waals surface area contributed by atoms with Crippen LogP contribution in [0.1, 0.15) is 61.0 Å². The number of aromatic nitrogens is 2. The van der Waals surface area contributed by atoms with E-state index in [4.69, 9.17) is 0 Å². The van der Waals surface area contributed by atoms with E-state index >= 15 is 0 Å². The molecular formula is C46H38F4N2Ti. The van der Waals surface area contributed by atoms with Gasteiger partial charge in [-0.15, -0.1) is 49.2 Å². The van der Waals surface area contributed by atoms with E-state index in [2.05, 4.69) is 48.6 Å². The molecule has 7 heteroatoms. The summed E-state index contributed by atoms with van der Waals surface area (Å²) >= 11 is 0. The molecule has 0 fully saturated rings. The molecule has 2 heterocycles. The Morgan fingerprint density at radius 1 is 0.491 bits per heavy atom. The van der Waals surface area contributed by atoms with Crippen LogP contribution in [0.15, 0.2) is 109 Å². The van der Waals surface area contributed by atoms with E-state index in [-0.39, 0.29) is 21.7 Å². The van der Waals surface area contributed by atoms with Gasteiger partial charge in [0.15, 0.2) is 0 Å². The average Bonchev–Trinajstić information content (AvgIpc) is 4.01. The van der Waals surface area contributed by atoms with Crippen LogP contribution >= 0.6 is 0 Å². The molecule has 0 spiro atoms. The monoisotopic (exact) mass is 742 g/mol. The van der Waals surface area contributed by atoms with Crippen LogP contribution in [0.25, 0.3) is 33.2 Å². The minimum atomic E-state index is -0.665. The molecule has 0 N–H and O–H groups in total. The minimum absolute atomic E-state index is 0. The molecule has 0 amide bonds. The van der Waals surface area contributed by atoms with Gasteiger partial charge in [-0.3, -0.25) is 12.2 Å². The third-order valence-electron chi connectivity index (χ3n) is 9.69. The van der Waals surface area contributed by atoms with Crippen molar-refractivity contribution in [2.75, 3.05) is 0 Å². The van der Waals surface area contributed by atoms with Gasteiger partial charge in [0.2, 0.25) is 0 Å². The van der Waals surface area contributed by atoms with Crippen molar-refractivity contribution in [2.45, 2.75) is 64.2 Å². The maximum Gasteiger partial charge on any atom is 4.00 e. The van der Waals surface area contributed by atoms with Crippen LogP contribution in [0.3, 0.4) is 0 Å². The molecule has 6 aromatic rings. The molecule has 0 radical (unpaired) electrons. The quantitative estimate of drug-likeness (QED) is 0.0950. The standard InChI is InChI=1S/2C18H14F2N.2C5H5.Ti/c2*19-12-9-10-18(15(20)11-12)21-16-7-3-1-5-13(16)14-6-2-4-8-17(14)21;2*1-2-4-5-3-1;/h2*1,3,5,7,9-10H,2,4,6,8H2;2*1-3H,4H2;/q4*-1;+4. The minimum Gasteiger partial charge on any atom is -0.365 e. The second-order valence-corrected chi connectivity index (χ2v) is 13.0. The Balaban J connectivity index is 0.000000142. The van der Waals surface area contributed by atoms with Crippen molar-refractivity contribution < 1.29 is 39.3 Å². The number of allylic oxidation sites excluding steroid dienone is 8. The molecular weight excluding hydrogens is 704 g/mol. The normalized spacial score (nSPS) is 14.7. The fourth-order valence-corrected chi connectivity index (χ4v) is 7.44. The number of rotatable bonds is 2. The van der Waals surface area contributed by atoms with Crippen molar-refractivity contribution in [3.8, 4) is 11.4 Å². The maximum absolute atomic E-state index is 14.2. The summed E-state index contributed by atoms with van der Waals surface area (Å²) in [5, 5.41) is 2.35. The number of hydrogen-bond donors (Lipinski definition) is 0. The Morgan fingerprint density at radius 3 is 1.26 bits per heavy atom. The molecule has 2 aromatic heterocycles. The van der Waals surface area contributed by atoms with Gasteiger partial charge in [0.25, 0.3) is 0 Å². The van der Waals surface area contributed by atoms with Crippen LogP contribution in [-0.2, 0) is 47.4 Å². The third kappa shape index (κ3) is 8.45. The Labute approximate surface area is 323 Å². The first-order valence-corrected chi connectivity index (χ1v) is 17.9. The Kier molecular flexibility index (Phi) is 12.9. The molecule has 4 aromatic carbocycles. The summed E-state index contributed by atoms with van der Waals surface area (Å²) in [5.41, 5.74) is 7.67. The van der Waals surface area contributed by atoms with Crippen molar-refractivity contribution >= 4 is 21.8 Å². The van der Waals surface area contributed by atoms with E-state index in [1.165, 1.54) is 59.0 Å². The first kappa shape index (κ1) is 38.1. The van der Waals surface area contributed by atoms with Crippen molar-refractivity contribution in [1.29, 1.82) is 0 Å². The number of para-hydroxylation sites is 2. The molecule has 0 atom stereocenters. The SMILES string of the molecule is Fc1[c-]c(F)c(-n2c3c(c4ccccc42)CCCC3)cc1.Fc1[c-]c(F)c(-n2c3c(c4ccccc42)CCCC3)cc1.[C-]1=CC=CC1.[C-]1=CC=CC1.[Ti+4]. The van der Waals surface area contributed by atoms with Crippen LogP contribution in [-0.4, -0.2) is 9.13 Å². The number of fused-ring (bicyclic) bond motifs is 6. The zero-order chi connectivity index (χ0) is 35.9. The summed E-state index contributed by atoms with van der Waals surface area (Å²) < 4.78 is 58.5. The molecule has 0 aliphatic heterocycles. The van der Waals surface area contributed by atoms with Gasteiger partial charge in [-0.1, -0.05) is 36.4 Å². The van der Waals surface area contributed by atoms with E-state index in [1.807, 2.05) is 69.8 Å². The largest absolute Gasteiger partial charge is 4.00 e. The fraction of sp³-hybridized carbons (Fsp3) is 0.217. The van der Waals surface area contributed by atoms with Gasteiger partial charge in [-0.05, 0) is 86.0 Å². The summed E-state index contributed by atoms with van der Waals surface area (Å²) in [5.74, 6) is -2.60. The van der Waals surface area contributed by atoms with Gasteiger partial charge in [0, 0.05) is 56.5 Å². The van der Waals surface area contributed by atoms with Gasteiger partial charge in [0.05, 0.1) is 0 Å². The van der Waals surface area contributed by atoms with Crippen molar-refractivity contribution in [3.63, 3.8) is 0 Å². The fourth-order valence-electron chi connectivity index (χ4n) is 7.44. The molecule has 0 bridgehead atoms. The van der Waals surface area contributed by atoms with Crippen LogP contribution in [0, 0.1) is 47.6 Å². The van der Waals surface area contributed by atoms with E-state index in [0.717, 1.165) is 73.8 Å². The number of halogens is 4. The van der Waals surface area contributed by atoms with Crippen molar-refractivity contribution in [1.82, 2.24) is 9.13 Å². The molecule has 53 heavy (non-hydrogen) atoms. The maximum atomic E-state index is 14.2. The van der Waals surface area contributed by atoms with Crippen LogP contribution < -0.4 is 0 Å². The van der Waals surface area contributed by atoms with Gasteiger partial charge >= 0.3 is 21.7 Å². The van der Waals surface area contributed by atoms with E-state index < -0.39 is 23.3 Å². The summed E-state index contributed by atoms with van der Waals surface area (Å²) in [6, 6.07) is 25.9. The summed E-state index contributed by atoms with van der Waals surface area (Å²) in [7, 11) is 0. The number of benzene rings is 4. The van der Waals surface area contributed by atoms with Crippen molar-refractivity contribution in [2.24, 2.45) is 0 Å². The molecule has 0 saturated heterocycles. The number of aryl methyl sites for hydroxylation is 2. The zero-order valence-electron chi connectivity index (χ0n) is 29.4. The average molecular weight is 743 g/mol. The summed E-state index contributed by atoms with van der Waals surface area (Å²) in [6.07, 6.45) is 28.5. The van der Waals surface area contributed by atoms with Crippen LogP contribution in [0.2, 0.25) is 0 Å². The number of hydrogen-bond acceptors (Lipinski definition) is 0. The second-order valence-electron chi connectivity index (χ2n) is 13.0. The first-order valence-electron chi connectivity index (χ1n) is 17.9. The molecule has 10 rings (SSSR count). The summed E-state index contributed by atoms with van der Waals surface area (Å²) in [6.45, 7) is 0. The van der Waals surface area contributed by atoms with Crippen LogP contribution in [0.4, 0.5) is 17.6 Å². The smallest absolute Gasteiger partial charge is 0.365 e. The molecule has 264 valence electrons. The van der Waals surface area contributed by atoms with Gasteiger partial charge < -0.3 is 9.13 Å². The van der Waals surface area contributed by atoms with Gasteiger partial charge in [0.1, 0.15) is 0 Å². The Morgan fingerprint density at radius 2 is 0.906 bits per heavy atom. The van der Waals surface area contributed by atoms with E-state index in [1.54, 1.807) is 0 Å². The molecule has 0 unspecified atom stereocenters. The predicted molar refractivity (Wildman–Crippen MR) is 200 cm³/mol. The number of nitrogens with zero attached hydrogens (tertiary/aromatic N) is 2. The van der Waals surface area contributed by atoms with E-state index in [9.17, 15) is 17.6 Å². The molecule has 4 aliphatic carbocycles. The molecule has 4 aliphatic rings. The summed E-state index contributed by atoms with van der Waals surface area (Å²) in [4.78, 5) is 0. The zero-order valence-corrected chi connectivity index (χ0v) is 30.9. The van der Waals surface area contributed by atoms with Gasteiger partial charge in [-0.2, -0.15) is 12.2 Å². The second kappa shape index (κ2) is 17.9. The topological polar surface area (TPSA) is 9.86 Å². The van der Waals surface area contributed by atoms with Crippen molar-refractivity contribution in [3.05, 3.63) is 179 Å². The Bertz CT molecular complexity index is 2140.